The molecule has 24 heavy (non-hydrogen) atoms. The van der Waals surface area contributed by atoms with Gasteiger partial charge in [-0.3, -0.25) is 9.69 Å². The summed E-state index contributed by atoms with van der Waals surface area (Å²) in [4.78, 5) is 14.3. The van der Waals surface area contributed by atoms with Gasteiger partial charge in [0.15, 0.2) is 0 Å². The van der Waals surface area contributed by atoms with Gasteiger partial charge < -0.3 is 14.8 Å². The van der Waals surface area contributed by atoms with Gasteiger partial charge in [-0.15, -0.1) is 0 Å². The normalized spacial score (nSPS) is 16.6. The van der Waals surface area contributed by atoms with Crippen molar-refractivity contribution in [3.63, 3.8) is 0 Å². The fourth-order valence-electron chi connectivity index (χ4n) is 2.60. The summed E-state index contributed by atoms with van der Waals surface area (Å²) in [6, 6.07) is 6.18. The van der Waals surface area contributed by atoms with E-state index in [4.69, 9.17) is 9.47 Å². The highest BCUT2D eigenvalue weighted by molar-refractivity contribution is 5.76. The zero-order valence-corrected chi connectivity index (χ0v) is 14.3. The van der Waals surface area contributed by atoms with Crippen molar-refractivity contribution < 1.29 is 18.7 Å². The minimum atomic E-state index is -0.320. The van der Waals surface area contributed by atoms with Crippen LogP contribution in [-0.2, 0) is 9.53 Å². The molecular weight excluding hydrogens is 311 g/mol. The molecule has 1 aromatic carbocycles. The Bertz CT molecular complexity index is 507. The van der Waals surface area contributed by atoms with Crippen molar-refractivity contribution in [2.24, 2.45) is 0 Å². The van der Waals surface area contributed by atoms with Crippen LogP contribution in [-0.4, -0.2) is 56.3 Å². The number of nitrogens with one attached hydrogen (secondary N) is 1. The van der Waals surface area contributed by atoms with Gasteiger partial charge in [0.25, 0.3) is 0 Å². The van der Waals surface area contributed by atoms with Crippen molar-refractivity contribution in [1.82, 2.24) is 10.2 Å². The molecule has 1 heterocycles. The van der Waals surface area contributed by atoms with E-state index < -0.39 is 0 Å². The van der Waals surface area contributed by atoms with E-state index in [9.17, 15) is 9.18 Å². The number of benzene rings is 1. The van der Waals surface area contributed by atoms with Crippen LogP contribution in [0.3, 0.4) is 0 Å². The van der Waals surface area contributed by atoms with Gasteiger partial charge in [0, 0.05) is 38.2 Å². The maximum Gasteiger partial charge on any atom is 0.220 e. The number of carbonyl (C=O) groups is 1. The van der Waals surface area contributed by atoms with E-state index in [0.29, 0.717) is 25.2 Å². The Balaban J connectivity index is 1.53. The summed E-state index contributed by atoms with van der Waals surface area (Å²) in [5.74, 6) is 0.209. The molecule has 0 radical (unpaired) electrons. The molecule has 0 saturated carbocycles. The zero-order chi connectivity index (χ0) is 17.2. The number of rotatable bonds is 9. The second-order valence-electron chi connectivity index (χ2n) is 6.12. The van der Waals surface area contributed by atoms with E-state index in [1.807, 2.05) is 6.92 Å². The molecule has 1 aliphatic rings. The number of halogens is 1. The highest BCUT2D eigenvalue weighted by Gasteiger charge is 2.13. The summed E-state index contributed by atoms with van der Waals surface area (Å²) in [5.41, 5.74) is 0. The first-order valence-electron chi connectivity index (χ1n) is 8.61. The fourth-order valence-corrected chi connectivity index (χ4v) is 2.60. The quantitative estimate of drug-likeness (QED) is 0.702. The van der Waals surface area contributed by atoms with Gasteiger partial charge in [-0.05, 0) is 31.9 Å². The number of nitrogens with zero attached hydrogens (tertiary/aromatic N) is 1. The molecule has 0 bridgehead atoms. The second kappa shape index (κ2) is 10.3. The van der Waals surface area contributed by atoms with Crippen LogP contribution in [0, 0.1) is 5.82 Å². The molecule has 0 unspecified atom stereocenters. The molecule has 6 heteroatoms. The van der Waals surface area contributed by atoms with E-state index in [1.54, 1.807) is 12.1 Å². The number of morpholine rings is 1. The van der Waals surface area contributed by atoms with Crippen LogP contribution in [0.2, 0.25) is 0 Å². The number of carbonyl (C=O) groups excluding carboxylic acids is 1. The topological polar surface area (TPSA) is 50.8 Å². The smallest absolute Gasteiger partial charge is 0.220 e. The van der Waals surface area contributed by atoms with Crippen LogP contribution in [0.5, 0.6) is 5.75 Å². The van der Waals surface area contributed by atoms with Crippen LogP contribution in [0.25, 0.3) is 0 Å². The molecule has 134 valence electrons. The van der Waals surface area contributed by atoms with Crippen LogP contribution >= 0.6 is 0 Å². The second-order valence-corrected chi connectivity index (χ2v) is 6.12. The van der Waals surface area contributed by atoms with Gasteiger partial charge in [-0.2, -0.15) is 0 Å². The largest absolute Gasteiger partial charge is 0.493 e. The molecule has 0 aliphatic carbocycles. The first-order chi connectivity index (χ1) is 11.6. The lowest BCUT2D eigenvalue weighted by atomic mass is 10.2. The van der Waals surface area contributed by atoms with Crippen molar-refractivity contribution in [3.05, 3.63) is 30.1 Å². The third-order valence-electron chi connectivity index (χ3n) is 4.00. The van der Waals surface area contributed by atoms with Gasteiger partial charge >= 0.3 is 0 Å². The summed E-state index contributed by atoms with van der Waals surface area (Å²) >= 11 is 0. The first-order valence-corrected chi connectivity index (χ1v) is 8.61. The molecule has 5 nitrogen and oxygen atoms in total. The molecule has 2 rings (SSSR count). The maximum atomic E-state index is 13.0. The summed E-state index contributed by atoms with van der Waals surface area (Å²) in [6.45, 7) is 6.95. The number of amides is 1. The van der Waals surface area contributed by atoms with Gasteiger partial charge in [0.2, 0.25) is 5.91 Å². The molecule has 1 atom stereocenters. The van der Waals surface area contributed by atoms with E-state index in [0.717, 1.165) is 39.3 Å². The van der Waals surface area contributed by atoms with Crippen LogP contribution < -0.4 is 10.1 Å². The maximum absolute atomic E-state index is 13.0. The molecule has 1 aliphatic heterocycles. The van der Waals surface area contributed by atoms with Crippen molar-refractivity contribution >= 4 is 5.91 Å². The lowest BCUT2D eigenvalue weighted by molar-refractivity contribution is -0.122. The summed E-state index contributed by atoms with van der Waals surface area (Å²) in [5, 5.41) is 3.01. The van der Waals surface area contributed by atoms with Gasteiger partial charge in [0.1, 0.15) is 11.6 Å². The molecular formula is C18H27FN2O3. The third-order valence-corrected chi connectivity index (χ3v) is 4.00. The fraction of sp³-hybridized carbons (Fsp3) is 0.611. The van der Waals surface area contributed by atoms with E-state index in [1.165, 1.54) is 12.1 Å². The average molecular weight is 338 g/mol. The van der Waals surface area contributed by atoms with E-state index in [-0.39, 0.29) is 17.8 Å². The molecule has 0 spiro atoms. The minimum absolute atomic E-state index is 0.0346. The zero-order valence-electron chi connectivity index (χ0n) is 14.3. The van der Waals surface area contributed by atoms with Crippen molar-refractivity contribution in [1.29, 1.82) is 0 Å². The standard InChI is InChI=1S/C18H27FN2O3/c1-15(7-8-21-9-12-23-13-10-21)20-18(22)6-3-11-24-17-5-2-4-16(19)14-17/h2,4-5,14-15H,3,6-13H2,1H3,(H,20,22)/t15-/m1/s1. The molecule has 1 fully saturated rings. The van der Waals surface area contributed by atoms with E-state index >= 15 is 0 Å². The lowest BCUT2D eigenvalue weighted by Gasteiger charge is -2.27. The summed E-state index contributed by atoms with van der Waals surface area (Å²) < 4.78 is 23.8. The Morgan fingerprint density at radius 3 is 2.96 bits per heavy atom. The monoisotopic (exact) mass is 338 g/mol. The highest BCUT2D eigenvalue weighted by Crippen LogP contribution is 2.12. The van der Waals surface area contributed by atoms with Crippen molar-refractivity contribution in [2.45, 2.75) is 32.2 Å². The summed E-state index contributed by atoms with van der Waals surface area (Å²) in [6.07, 6.45) is 1.96. The Morgan fingerprint density at radius 1 is 1.42 bits per heavy atom. The Labute approximate surface area is 143 Å². The molecule has 1 aromatic rings. The van der Waals surface area contributed by atoms with Crippen LogP contribution in [0.4, 0.5) is 4.39 Å². The van der Waals surface area contributed by atoms with Gasteiger partial charge in [-0.1, -0.05) is 6.07 Å². The predicted octanol–water partition coefficient (Wildman–Crippen LogP) is 2.21. The first kappa shape index (κ1) is 18.7. The van der Waals surface area contributed by atoms with Gasteiger partial charge in [0.05, 0.1) is 19.8 Å². The number of hydrogen-bond donors (Lipinski definition) is 1. The number of hydrogen-bond acceptors (Lipinski definition) is 4. The van der Waals surface area contributed by atoms with Crippen LogP contribution in [0.15, 0.2) is 24.3 Å². The highest BCUT2D eigenvalue weighted by atomic mass is 19.1. The molecule has 0 aromatic heterocycles. The number of ether oxygens (including phenoxy) is 2. The van der Waals surface area contributed by atoms with E-state index in [2.05, 4.69) is 10.2 Å². The average Bonchev–Trinajstić information content (AvgIpc) is 2.58. The Hall–Kier alpha value is -1.66. The van der Waals surface area contributed by atoms with Gasteiger partial charge in [-0.25, -0.2) is 4.39 Å². The Kier molecular flexibility index (Phi) is 7.98. The molecule has 1 amide bonds. The van der Waals surface area contributed by atoms with Crippen molar-refractivity contribution in [3.8, 4) is 5.75 Å². The third kappa shape index (κ3) is 7.27. The lowest BCUT2D eigenvalue weighted by Crippen LogP contribution is -2.40. The Morgan fingerprint density at radius 2 is 2.21 bits per heavy atom. The predicted molar refractivity (Wildman–Crippen MR) is 90.6 cm³/mol. The molecule has 1 saturated heterocycles. The van der Waals surface area contributed by atoms with Crippen molar-refractivity contribution in [2.75, 3.05) is 39.5 Å². The molecule has 1 N–H and O–H groups in total. The van der Waals surface area contributed by atoms with Crippen LogP contribution in [0.1, 0.15) is 26.2 Å². The SMILES string of the molecule is C[C@H](CCN1CCOCC1)NC(=O)CCCOc1cccc(F)c1. The minimum Gasteiger partial charge on any atom is -0.493 e. The summed E-state index contributed by atoms with van der Waals surface area (Å²) in [7, 11) is 0.